The van der Waals surface area contributed by atoms with Crippen molar-refractivity contribution in [1.29, 1.82) is 0 Å². The molecule has 3 rings (SSSR count). The number of nitrogens with zero attached hydrogens (tertiary/aromatic N) is 2. The van der Waals surface area contributed by atoms with Crippen LogP contribution in [-0.4, -0.2) is 29.0 Å². The number of carbonyl (C=O) groups is 1. The molecule has 0 radical (unpaired) electrons. The molecule has 0 spiro atoms. The fourth-order valence-electron chi connectivity index (χ4n) is 2.83. The number of amides is 1. The first-order chi connectivity index (χ1) is 13.6. The highest BCUT2D eigenvalue weighted by atomic mass is 19.1. The van der Waals surface area contributed by atoms with Gasteiger partial charge in [-0.1, -0.05) is 48.5 Å². The van der Waals surface area contributed by atoms with Crippen molar-refractivity contribution in [3.8, 4) is 0 Å². The standard InChI is InChI=1S/C22H23FN4O/c1-16-15-20(21(28)24-13-11-17-7-3-2-4-8-17)27-22(26-16)25-14-12-18-9-5-6-10-19(18)23/h2-10,15H,11-14H2,1H3,(H,24,28)(H,25,26,27). The van der Waals surface area contributed by atoms with Crippen LogP contribution in [0.15, 0.2) is 60.7 Å². The quantitative estimate of drug-likeness (QED) is 0.629. The Bertz CT molecular complexity index is 931. The normalized spacial score (nSPS) is 10.5. The number of hydrogen-bond donors (Lipinski definition) is 2. The van der Waals surface area contributed by atoms with E-state index in [0.29, 0.717) is 42.4 Å². The van der Waals surface area contributed by atoms with Gasteiger partial charge in [0.1, 0.15) is 11.5 Å². The number of nitrogens with one attached hydrogen (secondary N) is 2. The van der Waals surface area contributed by atoms with Crippen LogP contribution in [0.3, 0.4) is 0 Å². The Labute approximate surface area is 164 Å². The number of carbonyl (C=O) groups excluding carboxylic acids is 1. The van der Waals surface area contributed by atoms with Crippen LogP contribution in [0.2, 0.25) is 0 Å². The Morgan fingerprint density at radius 2 is 1.71 bits per heavy atom. The molecule has 1 heterocycles. The molecule has 0 unspecified atom stereocenters. The predicted octanol–water partition coefficient (Wildman–Crippen LogP) is 3.55. The molecule has 1 amide bonds. The summed E-state index contributed by atoms with van der Waals surface area (Å²) in [6, 6.07) is 18.3. The molecule has 2 aromatic carbocycles. The van der Waals surface area contributed by atoms with E-state index >= 15 is 0 Å². The summed E-state index contributed by atoms with van der Waals surface area (Å²) in [5.41, 5.74) is 2.80. The zero-order valence-electron chi connectivity index (χ0n) is 15.8. The number of aryl methyl sites for hydroxylation is 1. The summed E-state index contributed by atoms with van der Waals surface area (Å²) in [7, 11) is 0. The molecule has 0 saturated carbocycles. The number of anilines is 1. The minimum Gasteiger partial charge on any atom is -0.354 e. The molecule has 0 saturated heterocycles. The molecular formula is C22H23FN4O. The van der Waals surface area contributed by atoms with Crippen LogP contribution in [-0.2, 0) is 12.8 Å². The van der Waals surface area contributed by atoms with E-state index in [2.05, 4.69) is 20.6 Å². The summed E-state index contributed by atoms with van der Waals surface area (Å²) in [6.45, 7) is 2.81. The second-order valence-corrected chi connectivity index (χ2v) is 6.48. The topological polar surface area (TPSA) is 66.9 Å². The van der Waals surface area contributed by atoms with Gasteiger partial charge in [0.05, 0.1) is 0 Å². The third kappa shape index (κ3) is 5.61. The van der Waals surface area contributed by atoms with Crippen LogP contribution in [0.4, 0.5) is 10.3 Å². The van der Waals surface area contributed by atoms with Gasteiger partial charge >= 0.3 is 0 Å². The Kier molecular flexibility index (Phi) is 6.68. The van der Waals surface area contributed by atoms with E-state index in [9.17, 15) is 9.18 Å². The molecule has 0 aliphatic rings. The Morgan fingerprint density at radius 3 is 2.50 bits per heavy atom. The van der Waals surface area contributed by atoms with Crippen molar-refractivity contribution in [1.82, 2.24) is 15.3 Å². The van der Waals surface area contributed by atoms with Crippen molar-refractivity contribution in [3.63, 3.8) is 0 Å². The first kappa shape index (κ1) is 19.5. The van der Waals surface area contributed by atoms with E-state index in [1.165, 1.54) is 6.07 Å². The number of aromatic nitrogens is 2. The second-order valence-electron chi connectivity index (χ2n) is 6.48. The summed E-state index contributed by atoms with van der Waals surface area (Å²) >= 11 is 0. The number of benzene rings is 2. The number of hydrogen-bond acceptors (Lipinski definition) is 4. The van der Waals surface area contributed by atoms with E-state index in [1.54, 1.807) is 24.3 Å². The highest BCUT2D eigenvalue weighted by Gasteiger charge is 2.10. The SMILES string of the molecule is Cc1cc(C(=O)NCCc2ccccc2)nc(NCCc2ccccc2F)n1. The summed E-state index contributed by atoms with van der Waals surface area (Å²) in [5.74, 6) is -0.101. The van der Waals surface area contributed by atoms with Gasteiger partial charge in [0, 0.05) is 18.8 Å². The van der Waals surface area contributed by atoms with Gasteiger partial charge in [-0.15, -0.1) is 0 Å². The molecule has 3 aromatic rings. The van der Waals surface area contributed by atoms with Crippen LogP contribution in [0.5, 0.6) is 0 Å². The maximum absolute atomic E-state index is 13.7. The molecular weight excluding hydrogens is 355 g/mol. The Morgan fingerprint density at radius 1 is 0.964 bits per heavy atom. The lowest BCUT2D eigenvalue weighted by atomic mass is 10.1. The van der Waals surface area contributed by atoms with Crippen molar-refractivity contribution in [2.75, 3.05) is 18.4 Å². The molecule has 1 aromatic heterocycles. The first-order valence-corrected chi connectivity index (χ1v) is 9.27. The highest BCUT2D eigenvalue weighted by Crippen LogP contribution is 2.09. The highest BCUT2D eigenvalue weighted by molar-refractivity contribution is 5.92. The van der Waals surface area contributed by atoms with E-state index in [1.807, 2.05) is 37.3 Å². The molecule has 5 nitrogen and oxygen atoms in total. The lowest BCUT2D eigenvalue weighted by Gasteiger charge is -2.09. The third-order valence-electron chi connectivity index (χ3n) is 4.26. The minimum absolute atomic E-state index is 0.229. The summed E-state index contributed by atoms with van der Waals surface area (Å²) in [5, 5.41) is 5.95. The van der Waals surface area contributed by atoms with Gasteiger partial charge in [-0.3, -0.25) is 4.79 Å². The van der Waals surface area contributed by atoms with Crippen LogP contribution >= 0.6 is 0 Å². The van der Waals surface area contributed by atoms with Gasteiger partial charge in [0.2, 0.25) is 5.95 Å². The van der Waals surface area contributed by atoms with Crippen LogP contribution in [0, 0.1) is 12.7 Å². The van der Waals surface area contributed by atoms with Crippen molar-refractivity contribution in [3.05, 3.63) is 89.0 Å². The van der Waals surface area contributed by atoms with Gasteiger partial charge in [0.25, 0.3) is 5.91 Å². The van der Waals surface area contributed by atoms with Crippen LogP contribution < -0.4 is 10.6 Å². The summed E-state index contributed by atoms with van der Waals surface area (Å²) < 4.78 is 13.7. The summed E-state index contributed by atoms with van der Waals surface area (Å²) in [6.07, 6.45) is 1.26. The lowest BCUT2D eigenvalue weighted by molar-refractivity contribution is 0.0949. The molecule has 28 heavy (non-hydrogen) atoms. The van der Waals surface area contributed by atoms with E-state index in [0.717, 1.165) is 12.0 Å². The minimum atomic E-state index is -0.237. The maximum atomic E-state index is 13.7. The van der Waals surface area contributed by atoms with Gasteiger partial charge < -0.3 is 10.6 Å². The zero-order valence-corrected chi connectivity index (χ0v) is 15.8. The first-order valence-electron chi connectivity index (χ1n) is 9.27. The van der Waals surface area contributed by atoms with Crippen molar-refractivity contribution < 1.29 is 9.18 Å². The zero-order chi connectivity index (χ0) is 19.8. The van der Waals surface area contributed by atoms with E-state index in [-0.39, 0.29) is 11.7 Å². The second kappa shape index (κ2) is 9.60. The average Bonchev–Trinajstić information content (AvgIpc) is 2.70. The number of rotatable bonds is 8. The molecule has 2 N–H and O–H groups in total. The van der Waals surface area contributed by atoms with Gasteiger partial charge in [-0.25, -0.2) is 14.4 Å². The smallest absolute Gasteiger partial charge is 0.270 e. The Hall–Kier alpha value is -3.28. The van der Waals surface area contributed by atoms with Crippen LogP contribution in [0.1, 0.15) is 27.3 Å². The summed E-state index contributed by atoms with van der Waals surface area (Å²) in [4.78, 5) is 21.0. The lowest BCUT2D eigenvalue weighted by Crippen LogP contribution is -2.27. The largest absolute Gasteiger partial charge is 0.354 e. The maximum Gasteiger partial charge on any atom is 0.270 e. The predicted molar refractivity (Wildman–Crippen MR) is 108 cm³/mol. The van der Waals surface area contributed by atoms with Gasteiger partial charge in [-0.2, -0.15) is 0 Å². The number of halogens is 1. The molecule has 0 bridgehead atoms. The van der Waals surface area contributed by atoms with Crippen LogP contribution in [0.25, 0.3) is 0 Å². The molecule has 0 atom stereocenters. The molecule has 0 aliphatic heterocycles. The van der Waals surface area contributed by atoms with E-state index in [4.69, 9.17) is 0 Å². The fourth-order valence-corrected chi connectivity index (χ4v) is 2.83. The van der Waals surface area contributed by atoms with Gasteiger partial charge in [0.15, 0.2) is 0 Å². The van der Waals surface area contributed by atoms with Crippen molar-refractivity contribution in [2.45, 2.75) is 19.8 Å². The van der Waals surface area contributed by atoms with E-state index < -0.39 is 0 Å². The third-order valence-corrected chi connectivity index (χ3v) is 4.26. The Balaban J connectivity index is 1.54. The van der Waals surface area contributed by atoms with Crippen molar-refractivity contribution in [2.24, 2.45) is 0 Å². The molecule has 0 aliphatic carbocycles. The van der Waals surface area contributed by atoms with Crippen molar-refractivity contribution >= 4 is 11.9 Å². The average molecular weight is 378 g/mol. The molecule has 6 heteroatoms. The molecule has 0 fully saturated rings. The monoisotopic (exact) mass is 378 g/mol. The fraction of sp³-hybridized carbons (Fsp3) is 0.227. The van der Waals surface area contributed by atoms with Gasteiger partial charge in [-0.05, 0) is 43.0 Å². The molecule has 144 valence electrons.